The first kappa shape index (κ1) is 17.0. The van der Waals surface area contributed by atoms with E-state index >= 15 is 0 Å². The van der Waals surface area contributed by atoms with Gasteiger partial charge < -0.3 is 10.6 Å². The number of anilines is 1. The smallest absolute Gasteiger partial charge is 0.254 e. The van der Waals surface area contributed by atoms with Crippen molar-refractivity contribution in [3.05, 3.63) is 58.2 Å². The molecule has 5 nitrogen and oxygen atoms in total. The second kappa shape index (κ2) is 7.77. The molecule has 2 aromatic rings. The molecule has 0 fully saturated rings. The number of hydrogen-bond donors (Lipinski definition) is 2. The van der Waals surface area contributed by atoms with Crippen LogP contribution in [0.1, 0.15) is 16.8 Å². The zero-order valence-electron chi connectivity index (χ0n) is 11.8. The molecule has 2 amide bonds. The molecule has 2 rings (SSSR count). The first-order chi connectivity index (χ1) is 11.0. The maximum absolute atomic E-state index is 13.4. The molecule has 0 saturated heterocycles. The summed E-state index contributed by atoms with van der Waals surface area (Å²) in [5.74, 6) is -2.39. The predicted octanol–water partition coefficient (Wildman–Crippen LogP) is 2.88. The van der Waals surface area contributed by atoms with Crippen molar-refractivity contribution in [3.63, 3.8) is 0 Å². The van der Waals surface area contributed by atoms with Gasteiger partial charge in [0.2, 0.25) is 5.91 Å². The van der Waals surface area contributed by atoms with E-state index in [2.05, 4.69) is 31.5 Å². The van der Waals surface area contributed by atoms with E-state index in [1.54, 1.807) is 12.1 Å². The van der Waals surface area contributed by atoms with Gasteiger partial charge in [-0.25, -0.2) is 13.8 Å². The van der Waals surface area contributed by atoms with Crippen LogP contribution in [0, 0.1) is 11.6 Å². The lowest BCUT2D eigenvalue weighted by Crippen LogP contribution is -2.28. The summed E-state index contributed by atoms with van der Waals surface area (Å²) >= 11 is 3.23. The Labute approximate surface area is 139 Å². The van der Waals surface area contributed by atoms with E-state index in [4.69, 9.17) is 0 Å². The fraction of sp³-hybridized carbons (Fsp3) is 0.133. The monoisotopic (exact) mass is 383 g/mol. The van der Waals surface area contributed by atoms with Gasteiger partial charge in [-0.2, -0.15) is 0 Å². The highest BCUT2D eigenvalue weighted by atomic mass is 79.9. The molecule has 0 unspecified atom stereocenters. The molecule has 0 saturated carbocycles. The molecule has 2 N–H and O–H groups in total. The van der Waals surface area contributed by atoms with Gasteiger partial charge >= 0.3 is 0 Å². The number of benzene rings is 1. The largest absolute Gasteiger partial charge is 0.351 e. The summed E-state index contributed by atoms with van der Waals surface area (Å²) in [7, 11) is 0. The van der Waals surface area contributed by atoms with Crippen LogP contribution in [0.15, 0.2) is 41.0 Å². The van der Waals surface area contributed by atoms with E-state index in [0.717, 1.165) is 16.6 Å². The number of amides is 2. The predicted molar refractivity (Wildman–Crippen MR) is 83.9 cm³/mol. The molecule has 0 atom stereocenters. The van der Waals surface area contributed by atoms with Crippen LogP contribution in [-0.4, -0.2) is 23.3 Å². The van der Waals surface area contributed by atoms with Crippen LogP contribution in [0.5, 0.6) is 0 Å². The lowest BCUT2D eigenvalue weighted by molar-refractivity contribution is -0.116. The molecule has 0 spiro atoms. The number of carbonyl (C=O) groups excluding carboxylic acids is 2. The van der Waals surface area contributed by atoms with Gasteiger partial charge in [-0.3, -0.25) is 9.59 Å². The first-order valence-corrected chi connectivity index (χ1v) is 7.39. The number of nitrogens with zero attached hydrogens (tertiary/aromatic N) is 1. The SMILES string of the molecule is O=C(CCNC(=O)c1ccc(F)cc1F)Nc1ccc(Br)cn1. The first-order valence-electron chi connectivity index (χ1n) is 6.60. The van der Waals surface area contributed by atoms with Crippen LogP contribution in [0.25, 0.3) is 0 Å². The number of hydrogen-bond acceptors (Lipinski definition) is 3. The Morgan fingerprint density at radius 1 is 1.17 bits per heavy atom. The molecule has 1 aromatic carbocycles. The van der Waals surface area contributed by atoms with Crippen molar-refractivity contribution in [1.82, 2.24) is 10.3 Å². The number of pyridine rings is 1. The molecule has 0 radical (unpaired) electrons. The van der Waals surface area contributed by atoms with Crippen molar-refractivity contribution >= 4 is 33.6 Å². The third-order valence-corrected chi connectivity index (χ3v) is 3.28. The highest BCUT2D eigenvalue weighted by molar-refractivity contribution is 9.10. The Balaban J connectivity index is 1.81. The lowest BCUT2D eigenvalue weighted by atomic mass is 10.2. The fourth-order valence-corrected chi connectivity index (χ4v) is 1.95. The van der Waals surface area contributed by atoms with Gasteiger partial charge in [-0.15, -0.1) is 0 Å². The minimum absolute atomic E-state index is 0.00764. The summed E-state index contributed by atoms with van der Waals surface area (Å²) in [6.45, 7) is 0.0119. The second-order valence-corrected chi connectivity index (χ2v) is 5.46. The molecule has 0 bridgehead atoms. The minimum atomic E-state index is -0.953. The molecule has 1 heterocycles. The van der Waals surface area contributed by atoms with Gasteiger partial charge in [-0.05, 0) is 40.2 Å². The van der Waals surface area contributed by atoms with Crippen molar-refractivity contribution < 1.29 is 18.4 Å². The Bertz CT molecular complexity index is 723. The minimum Gasteiger partial charge on any atom is -0.351 e. The number of halogens is 3. The van der Waals surface area contributed by atoms with E-state index in [1.807, 2.05) is 0 Å². The summed E-state index contributed by atoms with van der Waals surface area (Å²) in [5, 5.41) is 4.95. The Kier molecular flexibility index (Phi) is 5.75. The van der Waals surface area contributed by atoms with Gasteiger partial charge in [0.25, 0.3) is 5.91 Å². The molecular weight excluding hydrogens is 372 g/mol. The fourth-order valence-electron chi connectivity index (χ4n) is 1.71. The van der Waals surface area contributed by atoms with Gasteiger partial charge in [0.05, 0.1) is 5.56 Å². The summed E-state index contributed by atoms with van der Waals surface area (Å²) < 4.78 is 27.0. The van der Waals surface area contributed by atoms with Gasteiger partial charge in [0.1, 0.15) is 17.5 Å². The van der Waals surface area contributed by atoms with Crippen molar-refractivity contribution in [2.45, 2.75) is 6.42 Å². The topological polar surface area (TPSA) is 71.1 Å². The van der Waals surface area contributed by atoms with Crippen molar-refractivity contribution in [2.24, 2.45) is 0 Å². The average Bonchev–Trinajstić information content (AvgIpc) is 2.49. The zero-order chi connectivity index (χ0) is 16.8. The summed E-state index contributed by atoms with van der Waals surface area (Å²) in [5.41, 5.74) is -0.276. The van der Waals surface area contributed by atoms with E-state index in [-0.39, 0.29) is 24.4 Å². The zero-order valence-corrected chi connectivity index (χ0v) is 13.4. The molecule has 1 aromatic heterocycles. The Hall–Kier alpha value is -2.35. The molecule has 8 heteroatoms. The van der Waals surface area contributed by atoms with E-state index in [0.29, 0.717) is 11.9 Å². The normalized spacial score (nSPS) is 10.2. The number of carbonyl (C=O) groups is 2. The van der Waals surface area contributed by atoms with Crippen LogP contribution < -0.4 is 10.6 Å². The summed E-state index contributed by atoms with van der Waals surface area (Å²) in [6.07, 6.45) is 1.53. The van der Waals surface area contributed by atoms with Crippen LogP contribution in [0.4, 0.5) is 14.6 Å². The second-order valence-electron chi connectivity index (χ2n) is 4.54. The quantitative estimate of drug-likeness (QED) is 0.833. The van der Waals surface area contributed by atoms with E-state index in [1.165, 1.54) is 6.20 Å². The average molecular weight is 384 g/mol. The maximum atomic E-state index is 13.4. The lowest BCUT2D eigenvalue weighted by Gasteiger charge is -2.07. The number of rotatable bonds is 5. The molecular formula is C15H12BrF2N3O2. The third kappa shape index (κ3) is 5.10. The van der Waals surface area contributed by atoms with Gasteiger partial charge in [0, 0.05) is 29.7 Å². The Morgan fingerprint density at radius 2 is 1.96 bits per heavy atom. The standard InChI is InChI=1S/C15H12BrF2N3O2/c16-9-1-4-13(20-8-9)21-14(22)5-6-19-15(23)11-3-2-10(17)7-12(11)18/h1-4,7-8H,5-6H2,(H,19,23)(H,20,21,22). The summed E-state index contributed by atoms with van der Waals surface area (Å²) in [4.78, 5) is 27.4. The van der Waals surface area contributed by atoms with Crippen LogP contribution in [0.2, 0.25) is 0 Å². The maximum Gasteiger partial charge on any atom is 0.254 e. The van der Waals surface area contributed by atoms with Crippen molar-refractivity contribution in [2.75, 3.05) is 11.9 Å². The molecule has 0 aliphatic heterocycles. The van der Waals surface area contributed by atoms with Crippen LogP contribution in [-0.2, 0) is 4.79 Å². The van der Waals surface area contributed by atoms with Crippen molar-refractivity contribution in [3.8, 4) is 0 Å². The van der Waals surface area contributed by atoms with E-state index in [9.17, 15) is 18.4 Å². The van der Waals surface area contributed by atoms with Gasteiger partial charge in [-0.1, -0.05) is 0 Å². The van der Waals surface area contributed by atoms with E-state index < -0.39 is 17.5 Å². The van der Waals surface area contributed by atoms with Crippen LogP contribution in [0.3, 0.4) is 0 Å². The molecule has 120 valence electrons. The van der Waals surface area contributed by atoms with Gasteiger partial charge in [0.15, 0.2) is 0 Å². The highest BCUT2D eigenvalue weighted by Crippen LogP contribution is 2.11. The molecule has 23 heavy (non-hydrogen) atoms. The summed E-state index contributed by atoms with van der Waals surface area (Å²) in [6, 6.07) is 6.01. The number of aromatic nitrogens is 1. The van der Waals surface area contributed by atoms with Crippen LogP contribution >= 0.6 is 15.9 Å². The Morgan fingerprint density at radius 3 is 2.61 bits per heavy atom. The molecule has 0 aliphatic carbocycles. The molecule has 0 aliphatic rings. The van der Waals surface area contributed by atoms with Crippen molar-refractivity contribution in [1.29, 1.82) is 0 Å². The highest BCUT2D eigenvalue weighted by Gasteiger charge is 2.12. The number of nitrogens with one attached hydrogen (secondary N) is 2. The third-order valence-electron chi connectivity index (χ3n) is 2.81.